The first-order valence-corrected chi connectivity index (χ1v) is 15.9. The van der Waals surface area contributed by atoms with Crippen molar-refractivity contribution < 1.29 is 39.9 Å². The summed E-state index contributed by atoms with van der Waals surface area (Å²) in [5.74, 6) is -6.50. The van der Waals surface area contributed by atoms with Gasteiger partial charge in [0, 0.05) is 29.9 Å². The zero-order valence-electron chi connectivity index (χ0n) is 20.5. The molecule has 0 saturated heterocycles. The van der Waals surface area contributed by atoms with Gasteiger partial charge in [-0.05, 0) is 68.6 Å². The molecule has 1 amide bonds. The maximum Gasteiger partial charge on any atom is 0.255 e. The molecule has 0 aromatic heterocycles. The van der Waals surface area contributed by atoms with Crippen LogP contribution in [0.2, 0.25) is 5.02 Å². The Morgan fingerprint density at radius 1 is 0.949 bits per heavy atom. The number of amides is 1. The highest BCUT2D eigenvalue weighted by molar-refractivity contribution is 7.92. The first kappa shape index (κ1) is 28.3. The van der Waals surface area contributed by atoms with E-state index in [4.69, 9.17) is 11.6 Å². The van der Waals surface area contributed by atoms with E-state index < -0.39 is 71.2 Å². The van der Waals surface area contributed by atoms with Gasteiger partial charge in [0.2, 0.25) is 10.0 Å². The molecule has 2 aromatic carbocycles. The van der Waals surface area contributed by atoms with Crippen molar-refractivity contribution in [3.05, 3.63) is 58.4 Å². The van der Waals surface area contributed by atoms with Crippen LogP contribution in [0, 0.1) is 29.3 Å². The molecule has 3 aliphatic rings. The van der Waals surface area contributed by atoms with Gasteiger partial charge in [-0.2, -0.15) is 0 Å². The Morgan fingerprint density at radius 2 is 1.54 bits per heavy atom. The number of halogens is 4. The molecule has 2 unspecified atom stereocenters. The number of sulfone groups is 1. The number of carbonyl (C=O) groups is 1. The molecular formula is C25H26ClF3N2O6S2. The van der Waals surface area contributed by atoms with Gasteiger partial charge in [0.15, 0.2) is 27.3 Å². The van der Waals surface area contributed by atoms with E-state index in [9.17, 15) is 39.9 Å². The van der Waals surface area contributed by atoms with Crippen LogP contribution in [-0.2, 0) is 19.9 Å². The Bertz CT molecular complexity index is 1510. The number of benzene rings is 2. The van der Waals surface area contributed by atoms with Gasteiger partial charge in [0.25, 0.3) is 5.91 Å². The minimum atomic E-state index is -4.09. The van der Waals surface area contributed by atoms with Gasteiger partial charge < -0.3 is 10.4 Å². The standard InChI is InChI=1S/C25H26ClF3N2O6S2/c26-19-6-1-13(24(32)31-16-10-20(27)23(29)21(28)11-16)7-22(19)38(34,35)18-8-14-2-3-15(9-18)25(14,33)12-30-39(36,37)17-4-5-17/h1,6-7,10-11,14-15,17-18,30,33H,2-5,8-9,12H2,(H,31,32). The molecule has 0 heterocycles. The lowest BCUT2D eigenvalue weighted by molar-refractivity contribution is -0.0525. The average molecular weight is 607 g/mol. The third kappa shape index (κ3) is 5.31. The number of rotatable bonds is 8. The second-order valence-corrected chi connectivity index (χ2v) is 15.2. The topological polar surface area (TPSA) is 130 Å². The Morgan fingerprint density at radius 3 is 2.10 bits per heavy atom. The molecule has 0 spiro atoms. The summed E-state index contributed by atoms with van der Waals surface area (Å²) in [5, 5.41) is 12.1. The minimum Gasteiger partial charge on any atom is -0.388 e. The van der Waals surface area contributed by atoms with Crippen molar-refractivity contribution in [3.63, 3.8) is 0 Å². The normalized spacial score (nSPS) is 26.9. The Labute approximate surface area is 228 Å². The fraction of sp³-hybridized carbons (Fsp3) is 0.480. The molecule has 2 atom stereocenters. The summed E-state index contributed by atoms with van der Waals surface area (Å²) in [5.41, 5.74) is -1.89. The van der Waals surface area contributed by atoms with Gasteiger partial charge in [-0.3, -0.25) is 4.79 Å². The fourth-order valence-electron chi connectivity index (χ4n) is 5.74. The van der Waals surface area contributed by atoms with Crippen LogP contribution in [0.15, 0.2) is 35.2 Å². The number of nitrogens with one attached hydrogen (secondary N) is 2. The molecule has 3 N–H and O–H groups in total. The fourth-order valence-corrected chi connectivity index (χ4v) is 9.56. The molecule has 2 bridgehead atoms. The summed E-state index contributed by atoms with van der Waals surface area (Å²) in [6.07, 6.45) is 2.41. The summed E-state index contributed by atoms with van der Waals surface area (Å²) in [7, 11) is -7.62. The van der Waals surface area contributed by atoms with Crippen molar-refractivity contribution in [2.75, 3.05) is 11.9 Å². The highest BCUT2D eigenvalue weighted by atomic mass is 35.5. The van der Waals surface area contributed by atoms with Crippen molar-refractivity contribution in [2.24, 2.45) is 11.8 Å². The van der Waals surface area contributed by atoms with Crippen molar-refractivity contribution in [1.82, 2.24) is 4.72 Å². The second-order valence-electron chi connectivity index (χ2n) is 10.5. The summed E-state index contributed by atoms with van der Waals surface area (Å²) in [6.45, 7) is -0.172. The van der Waals surface area contributed by atoms with E-state index in [2.05, 4.69) is 10.0 Å². The summed E-state index contributed by atoms with van der Waals surface area (Å²) in [4.78, 5) is 12.4. The van der Waals surface area contributed by atoms with Crippen LogP contribution in [-0.4, -0.2) is 50.5 Å². The Balaban J connectivity index is 1.34. The predicted molar refractivity (Wildman–Crippen MR) is 137 cm³/mol. The number of hydrogen-bond acceptors (Lipinski definition) is 6. The van der Waals surface area contributed by atoms with Crippen LogP contribution in [0.4, 0.5) is 18.9 Å². The minimum absolute atomic E-state index is 0.0847. The molecular weight excluding hydrogens is 581 g/mol. The first-order valence-electron chi connectivity index (χ1n) is 12.4. The quantitative estimate of drug-likeness (QED) is 0.392. The van der Waals surface area contributed by atoms with Crippen LogP contribution in [0.3, 0.4) is 0 Å². The lowest BCUT2D eigenvalue weighted by Crippen LogP contribution is -2.55. The van der Waals surface area contributed by atoms with Gasteiger partial charge in [0.05, 0.1) is 26.0 Å². The van der Waals surface area contributed by atoms with E-state index in [0.717, 1.165) is 6.07 Å². The number of hydrogen-bond donors (Lipinski definition) is 3. The maximum atomic E-state index is 13.7. The maximum absolute atomic E-state index is 13.7. The van der Waals surface area contributed by atoms with Crippen molar-refractivity contribution in [1.29, 1.82) is 0 Å². The lowest BCUT2D eigenvalue weighted by Gasteiger charge is -2.42. The predicted octanol–water partition coefficient (Wildman–Crippen LogP) is 3.78. The SMILES string of the molecule is O=C(Nc1cc(F)c(F)c(F)c1)c1ccc(Cl)c(S(=O)(=O)C2CC3CCC(C2)C3(O)CNS(=O)(=O)C2CC2)c1. The molecule has 39 heavy (non-hydrogen) atoms. The Hall–Kier alpha value is -2.19. The summed E-state index contributed by atoms with van der Waals surface area (Å²) < 4.78 is 94.7. The number of sulfonamides is 1. The zero-order chi connectivity index (χ0) is 28.3. The molecule has 3 fully saturated rings. The monoisotopic (exact) mass is 606 g/mol. The van der Waals surface area contributed by atoms with Crippen LogP contribution in [0.25, 0.3) is 0 Å². The van der Waals surface area contributed by atoms with Gasteiger partial charge in [0.1, 0.15) is 0 Å². The second kappa shape index (κ2) is 10.0. The van der Waals surface area contributed by atoms with Gasteiger partial charge >= 0.3 is 0 Å². The number of carbonyl (C=O) groups excluding carboxylic acids is 1. The summed E-state index contributed by atoms with van der Waals surface area (Å²) >= 11 is 6.23. The number of anilines is 1. The van der Waals surface area contributed by atoms with Crippen LogP contribution < -0.4 is 10.0 Å². The van der Waals surface area contributed by atoms with E-state index in [1.54, 1.807) is 0 Å². The molecule has 212 valence electrons. The van der Waals surface area contributed by atoms with Crippen molar-refractivity contribution in [2.45, 2.75) is 59.5 Å². The lowest BCUT2D eigenvalue weighted by atomic mass is 9.74. The Kier molecular flexibility index (Phi) is 7.28. The number of fused-ring (bicyclic) bond motifs is 2. The zero-order valence-corrected chi connectivity index (χ0v) is 22.9. The molecule has 14 heteroatoms. The molecule has 0 aliphatic heterocycles. The summed E-state index contributed by atoms with van der Waals surface area (Å²) in [6, 6.07) is 4.70. The van der Waals surface area contributed by atoms with Gasteiger partial charge in [-0.25, -0.2) is 34.7 Å². The van der Waals surface area contributed by atoms with E-state index in [1.807, 2.05) is 0 Å². The smallest absolute Gasteiger partial charge is 0.255 e. The van der Waals surface area contributed by atoms with E-state index >= 15 is 0 Å². The van der Waals surface area contributed by atoms with E-state index in [1.165, 1.54) is 12.1 Å². The van der Waals surface area contributed by atoms with Crippen LogP contribution in [0.1, 0.15) is 48.9 Å². The largest absolute Gasteiger partial charge is 0.388 e. The van der Waals surface area contributed by atoms with Gasteiger partial charge in [-0.15, -0.1) is 0 Å². The third-order valence-corrected chi connectivity index (χ3v) is 12.6. The van der Waals surface area contributed by atoms with Crippen molar-refractivity contribution >= 4 is 43.1 Å². The van der Waals surface area contributed by atoms with Crippen LogP contribution >= 0.6 is 11.6 Å². The number of aliphatic hydroxyl groups is 1. The molecule has 3 aliphatic carbocycles. The van der Waals surface area contributed by atoms with Gasteiger partial charge in [-0.1, -0.05) is 11.6 Å². The molecule has 0 radical (unpaired) electrons. The molecule has 3 saturated carbocycles. The third-order valence-electron chi connectivity index (χ3n) is 8.07. The van der Waals surface area contributed by atoms with Crippen LogP contribution in [0.5, 0.6) is 0 Å². The average Bonchev–Trinajstić information content (AvgIpc) is 3.70. The van der Waals surface area contributed by atoms with E-state index in [-0.39, 0.29) is 40.6 Å². The molecule has 2 aromatic rings. The highest BCUT2D eigenvalue weighted by Gasteiger charge is 2.56. The molecule has 8 nitrogen and oxygen atoms in total. The highest BCUT2D eigenvalue weighted by Crippen LogP contribution is 2.52. The molecule has 5 rings (SSSR count). The first-order chi connectivity index (χ1) is 18.2. The van der Waals surface area contributed by atoms with Crippen molar-refractivity contribution in [3.8, 4) is 0 Å². The van der Waals surface area contributed by atoms with E-state index in [0.29, 0.717) is 37.8 Å².